The van der Waals surface area contributed by atoms with Gasteiger partial charge in [-0.15, -0.1) is 10.2 Å². The van der Waals surface area contributed by atoms with Crippen LogP contribution in [0.1, 0.15) is 41.5 Å². The molecule has 8 nitrogen and oxygen atoms in total. The predicted octanol–water partition coefficient (Wildman–Crippen LogP) is 2.63. The van der Waals surface area contributed by atoms with Crippen LogP contribution in [0.25, 0.3) is 5.65 Å². The maximum absolute atomic E-state index is 12.4. The summed E-state index contributed by atoms with van der Waals surface area (Å²) in [6.45, 7) is 5.48. The van der Waals surface area contributed by atoms with Crippen molar-refractivity contribution in [3.8, 4) is 6.07 Å². The molecule has 144 valence electrons. The minimum absolute atomic E-state index is 0.170. The first kappa shape index (κ1) is 18.2. The molecule has 0 radical (unpaired) electrons. The first-order valence-corrected chi connectivity index (χ1v) is 9.38. The third kappa shape index (κ3) is 3.37. The number of nitrogens with one attached hydrogen (secondary N) is 1. The monoisotopic (exact) mass is 378 g/mol. The second kappa shape index (κ2) is 7.44. The number of hydrogen-bond acceptors (Lipinski definition) is 6. The van der Waals surface area contributed by atoms with Gasteiger partial charge in [0.05, 0.1) is 6.54 Å². The number of hydrogen-bond donors (Lipinski definition) is 1. The zero-order chi connectivity index (χ0) is 19.7. The van der Waals surface area contributed by atoms with Crippen LogP contribution in [0, 0.1) is 25.2 Å². The molecule has 3 aromatic rings. The Morgan fingerprint density at radius 3 is 2.86 bits per heavy atom. The zero-order valence-corrected chi connectivity index (χ0v) is 16.0. The molecule has 0 aromatic carbocycles. The Morgan fingerprint density at radius 1 is 1.32 bits per heavy atom. The Bertz CT molecular complexity index is 1050. The van der Waals surface area contributed by atoms with Gasteiger partial charge in [0.2, 0.25) is 11.8 Å². The molecule has 8 heteroatoms. The smallest absolute Gasteiger partial charge is 0.240 e. The summed E-state index contributed by atoms with van der Waals surface area (Å²) < 4.78 is 7.55. The van der Waals surface area contributed by atoms with Crippen LogP contribution >= 0.6 is 0 Å². The molecule has 1 fully saturated rings. The quantitative estimate of drug-likeness (QED) is 0.749. The van der Waals surface area contributed by atoms with E-state index < -0.39 is 0 Å². The number of carbonyl (C=O) groups excluding carboxylic acids is 1. The average molecular weight is 378 g/mol. The minimum Gasteiger partial charge on any atom is -0.444 e. The van der Waals surface area contributed by atoms with Crippen molar-refractivity contribution < 1.29 is 9.21 Å². The number of likely N-dealkylation sites (tertiary alicyclic amines) is 1. The van der Waals surface area contributed by atoms with Gasteiger partial charge in [0, 0.05) is 17.7 Å². The van der Waals surface area contributed by atoms with Crippen LogP contribution in [0.5, 0.6) is 0 Å². The van der Waals surface area contributed by atoms with Crippen molar-refractivity contribution in [1.82, 2.24) is 19.5 Å². The first-order valence-electron chi connectivity index (χ1n) is 9.38. The number of carbonyl (C=O) groups is 1. The van der Waals surface area contributed by atoms with E-state index in [1.807, 2.05) is 35.7 Å². The second-order valence-corrected chi connectivity index (χ2v) is 7.18. The summed E-state index contributed by atoms with van der Waals surface area (Å²) in [5.41, 5.74) is 2.01. The number of aryl methyl sites for hydroxylation is 1. The van der Waals surface area contributed by atoms with Crippen molar-refractivity contribution in [2.75, 3.05) is 25.0 Å². The van der Waals surface area contributed by atoms with E-state index >= 15 is 0 Å². The number of nitriles is 1. The second-order valence-electron chi connectivity index (χ2n) is 7.18. The lowest BCUT2D eigenvalue weighted by Crippen LogP contribution is -2.39. The van der Waals surface area contributed by atoms with E-state index in [1.54, 1.807) is 6.92 Å². The molecule has 1 aliphatic rings. The topological polar surface area (TPSA) is 99.5 Å². The summed E-state index contributed by atoms with van der Waals surface area (Å²) in [5.74, 6) is 2.04. The summed E-state index contributed by atoms with van der Waals surface area (Å²) in [6.07, 6.45) is 3.83. The number of anilines is 1. The summed E-state index contributed by atoms with van der Waals surface area (Å²) in [6, 6.07) is 7.97. The van der Waals surface area contributed by atoms with Gasteiger partial charge in [-0.05, 0) is 51.9 Å². The average Bonchev–Trinajstić information content (AvgIpc) is 3.23. The summed E-state index contributed by atoms with van der Waals surface area (Å²) >= 11 is 0. The highest BCUT2D eigenvalue weighted by molar-refractivity contribution is 5.92. The molecule has 1 saturated heterocycles. The molecule has 0 bridgehead atoms. The predicted molar refractivity (Wildman–Crippen MR) is 103 cm³/mol. The molecular formula is C20H22N6O2. The maximum Gasteiger partial charge on any atom is 0.240 e. The highest BCUT2D eigenvalue weighted by Crippen LogP contribution is 2.28. The van der Waals surface area contributed by atoms with Crippen molar-refractivity contribution >= 4 is 17.4 Å². The highest BCUT2D eigenvalue weighted by atomic mass is 16.4. The van der Waals surface area contributed by atoms with E-state index in [0.717, 1.165) is 43.0 Å². The fourth-order valence-electron chi connectivity index (χ4n) is 3.71. The number of furan rings is 1. The molecule has 28 heavy (non-hydrogen) atoms. The van der Waals surface area contributed by atoms with E-state index in [2.05, 4.69) is 26.5 Å². The van der Waals surface area contributed by atoms with Crippen LogP contribution in [0.4, 0.5) is 5.88 Å². The van der Waals surface area contributed by atoms with Crippen LogP contribution in [0.15, 0.2) is 28.8 Å². The van der Waals surface area contributed by atoms with Gasteiger partial charge >= 0.3 is 0 Å². The Labute approximate surface area is 162 Å². The summed E-state index contributed by atoms with van der Waals surface area (Å²) in [5, 5.41) is 20.6. The van der Waals surface area contributed by atoms with Crippen molar-refractivity contribution in [2.45, 2.75) is 32.6 Å². The van der Waals surface area contributed by atoms with Crippen LogP contribution < -0.4 is 5.32 Å². The molecule has 0 aliphatic carbocycles. The molecule has 0 saturated carbocycles. The number of rotatable bonds is 4. The number of piperidine rings is 1. The molecule has 1 aliphatic heterocycles. The van der Waals surface area contributed by atoms with Crippen molar-refractivity contribution in [2.24, 2.45) is 0 Å². The molecule has 1 amide bonds. The lowest BCUT2D eigenvalue weighted by atomic mass is 9.96. The molecule has 0 atom stereocenters. The number of nitrogens with zero attached hydrogens (tertiary/aromatic N) is 5. The number of aromatic nitrogens is 3. The number of amides is 1. The lowest BCUT2D eigenvalue weighted by molar-refractivity contribution is -0.117. The van der Waals surface area contributed by atoms with E-state index in [1.165, 1.54) is 0 Å². The molecule has 0 unspecified atom stereocenters. The van der Waals surface area contributed by atoms with Crippen molar-refractivity contribution in [1.29, 1.82) is 5.26 Å². The largest absolute Gasteiger partial charge is 0.444 e. The maximum atomic E-state index is 12.4. The Morgan fingerprint density at radius 2 is 2.11 bits per heavy atom. The SMILES string of the molecule is Cc1oc(NC(=O)CN2CCC(c3nnc4ccccn34)CC2)c(C#N)c1C. The van der Waals surface area contributed by atoms with Gasteiger partial charge in [-0.25, -0.2) is 0 Å². The Hall–Kier alpha value is -3.18. The normalized spacial score (nSPS) is 15.6. The molecular weight excluding hydrogens is 356 g/mol. The Kier molecular flexibility index (Phi) is 4.84. The van der Waals surface area contributed by atoms with Gasteiger partial charge in [0.1, 0.15) is 23.2 Å². The fourth-order valence-corrected chi connectivity index (χ4v) is 3.71. The van der Waals surface area contributed by atoms with Crippen LogP contribution in [0.3, 0.4) is 0 Å². The number of pyridine rings is 1. The molecule has 1 N–H and O–H groups in total. The van der Waals surface area contributed by atoms with Crippen LogP contribution in [-0.2, 0) is 4.79 Å². The van der Waals surface area contributed by atoms with E-state index in [0.29, 0.717) is 17.2 Å². The van der Waals surface area contributed by atoms with E-state index in [4.69, 9.17) is 4.42 Å². The standard InChI is InChI=1S/C20H22N6O2/c1-13-14(2)28-20(16(13)11-21)22-18(27)12-25-9-6-15(7-10-25)19-24-23-17-5-3-4-8-26(17)19/h3-5,8,15H,6-7,9-10,12H2,1-2H3,(H,22,27). The summed E-state index contributed by atoms with van der Waals surface area (Å²) in [7, 11) is 0. The fraction of sp³-hybridized carbons (Fsp3) is 0.400. The van der Waals surface area contributed by atoms with Gasteiger partial charge in [-0.2, -0.15) is 5.26 Å². The Balaban J connectivity index is 1.35. The summed E-state index contributed by atoms with van der Waals surface area (Å²) in [4.78, 5) is 14.5. The third-order valence-corrected chi connectivity index (χ3v) is 5.41. The molecule has 0 spiro atoms. The highest BCUT2D eigenvalue weighted by Gasteiger charge is 2.26. The molecule has 3 aromatic heterocycles. The van der Waals surface area contributed by atoms with Crippen LogP contribution in [-0.4, -0.2) is 45.0 Å². The van der Waals surface area contributed by atoms with Crippen LogP contribution in [0.2, 0.25) is 0 Å². The van der Waals surface area contributed by atoms with Gasteiger partial charge in [0.25, 0.3) is 0 Å². The molecule has 4 rings (SSSR count). The minimum atomic E-state index is -0.170. The van der Waals surface area contributed by atoms with E-state index in [-0.39, 0.29) is 18.3 Å². The van der Waals surface area contributed by atoms with E-state index in [9.17, 15) is 10.1 Å². The first-order chi connectivity index (χ1) is 13.6. The van der Waals surface area contributed by atoms with Gasteiger partial charge in [-0.3, -0.25) is 19.4 Å². The number of fused-ring (bicyclic) bond motifs is 1. The molecule has 4 heterocycles. The van der Waals surface area contributed by atoms with Gasteiger partial charge < -0.3 is 4.42 Å². The third-order valence-electron chi connectivity index (χ3n) is 5.41. The van der Waals surface area contributed by atoms with Crippen molar-refractivity contribution in [3.63, 3.8) is 0 Å². The van der Waals surface area contributed by atoms with Crippen molar-refractivity contribution in [3.05, 3.63) is 47.1 Å². The van der Waals surface area contributed by atoms with Gasteiger partial charge in [0.15, 0.2) is 5.65 Å². The zero-order valence-electron chi connectivity index (χ0n) is 16.0. The van der Waals surface area contributed by atoms with Gasteiger partial charge in [-0.1, -0.05) is 6.07 Å². The lowest BCUT2D eigenvalue weighted by Gasteiger charge is -2.30.